The van der Waals surface area contributed by atoms with Gasteiger partial charge in [0, 0.05) is 17.4 Å². The molecule has 1 atom stereocenters. The minimum absolute atomic E-state index is 0.237. The van der Waals surface area contributed by atoms with Crippen LogP contribution < -0.4 is 0 Å². The lowest BCUT2D eigenvalue weighted by molar-refractivity contribution is -0.141. The fourth-order valence-corrected chi connectivity index (χ4v) is 2.62. The minimum Gasteiger partial charge on any atom is -0.481 e. The molecule has 1 N–H and O–H groups in total. The second-order valence-corrected chi connectivity index (χ2v) is 5.48. The van der Waals surface area contributed by atoms with Crippen molar-refractivity contribution >= 4 is 17.3 Å². The Morgan fingerprint density at radius 1 is 1.53 bits per heavy atom. The Bertz CT molecular complexity index is 609. The van der Waals surface area contributed by atoms with Crippen molar-refractivity contribution in [2.45, 2.75) is 20.3 Å². The number of hydrogen-bond donors (Lipinski definition) is 1. The van der Waals surface area contributed by atoms with Crippen molar-refractivity contribution in [3.8, 4) is 11.3 Å². The maximum atomic E-state index is 13.2. The number of carboxylic acid groups (broad SMARTS) is 1. The van der Waals surface area contributed by atoms with Gasteiger partial charge in [0.15, 0.2) is 0 Å². The van der Waals surface area contributed by atoms with E-state index in [4.69, 9.17) is 5.11 Å². The van der Waals surface area contributed by atoms with Crippen LogP contribution in [0.4, 0.5) is 4.39 Å². The highest BCUT2D eigenvalue weighted by molar-refractivity contribution is 7.09. The van der Waals surface area contributed by atoms with E-state index in [-0.39, 0.29) is 5.82 Å². The number of aromatic nitrogens is 1. The summed E-state index contributed by atoms with van der Waals surface area (Å²) in [4.78, 5) is 15.2. The largest absolute Gasteiger partial charge is 0.481 e. The van der Waals surface area contributed by atoms with E-state index >= 15 is 0 Å². The number of aliphatic carboxylic acids is 1. The third kappa shape index (κ3) is 3.17. The Balaban J connectivity index is 2.20. The van der Waals surface area contributed by atoms with E-state index in [0.29, 0.717) is 12.0 Å². The van der Waals surface area contributed by atoms with Crippen LogP contribution in [0.3, 0.4) is 0 Å². The van der Waals surface area contributed by atoms with Gasteiger partial charge in [-0.05, 0) is 30.7 Å². The molecule has 0 saturated heterocycles. The van der Waals surface area contributed by atoms with E-state index in [9.17, 15) is 9.18 Å². The van der Waals surface area contributed by atoms with Crippen LogP contribution in [0, 0.1) is 18.7 Å². The van der Waals surface area contributed by atoms with E-state index in [1.165, 1.54) is 17.4 Å². The summed E-state index contributed by atoms with van der Waals surface area (Å²) in [6.45, 7) is 3.37. The summed E-state index contributed by atoms with van der Waals surface area (Å²) in [6, 6.07) is 4.85. The van der Waals surface area contributed by atoms with E-state index in [1.807, 2.05) is 5.38 Å². The second kappa shape index (κ2) is 5.48. The highest BCUT2D eigenvalue weighted by atomic mass is 32.1. The van der Waals surface area contributed by atoms with Gasteiger partial charge in [0.2, 0.25) is 0 Å². The zero-order chi connectivity index (χ0) is 14.0. The van der Waals surface area contributed by atoms with Crippen molar-refractivity contribution in [2.24, 2.45) is 5.92 Å². The van der Waals surface area contributed by atoms with Crippen molar-refractivity contribution < 1.29 is 14.3 Å². The summed E-state index contributed by atoms with van der Waals surface area (Å²) < 4.78 is 13.2. The maximum absolute atomic E-state index is 13.2. The summed E-state index contributed by atoms with van der Waals surface area (Å²) >= 11 is 1.43. The first-order valence-corrected chi connectivity index (χ1v) is 6.79. The van der Waals surface area contributed by atoms with Crippen LogP contribution >= 0.6 is 11.3 Å². The summed E-state index contributed by atoms with van der Waals surface area (Å²) in [6.07, 6.45) is 0.417. The molecular weight excluding hydrogens is 265 g/mol. The van der Waals surface area contributed by atoms with E-state index < -0.39 is 11.9 Å². The number of nitrogens with zero attached hydrogens (tertiary/aromatic N) is 1. The molecule has 19 heavy (non-hydrogen) atoms. The SMILES string of the molecule is Cc1cc(-c2csc(CC(C)C(=O)O)n2)ccc1F. The van der Waals surface area contributed by atoms with Crippen LogP contribution in [-0.2, 0) is 11.2 Å². The van der Waals surface area contributed by atoms with Crippen LogP contribution in [-0.4, -0.2) is 16.1 Å². The zero-order valence-corrected chi connectivity index (χ0v) is 11.5. The number of carbonyl (C=O) groups is 1. The molecule has 1 heterocycles. The molecule has 1 unspecified atom stereocenters. The van der Waals surface area contributed by atoms with Crippen molar-refractivity contribution in [2.75, 3.05) is 0 Å². The smallest absolute Gasteiger partial charge is 0.306 e. The molecule has 1 aromatic heterocycles. The quantitative estimate of drug-likeness (QED) is 0.931. The second-order valence-electron chi connectivity index (χ2n) is 4.53. The average molecular weight is 279 g/mol. The van der Waals surface area contributed by atoms with Gasteiger partial charge in [0.25, 0.3) is 0 Å². The lowest BCUT2D eigenvalue weighted by Gasteiger charge is -2.02. The molecular formula is C14H14FNO2S. The molecule has 1 aromatic carbocycles. The van der Waals surface area contributed by atoms with E-state index in [2.05, 4.69) is 4.98 Å². The third-order valence-corrected chi connectivity index (χ3v) is 3.78. The fourth-order valence-electron chi connectivity index (χ4n) is 1.69. The molecule has 0 saturated carbocycles. The third-order valence-electron chi connectivity index (χ3n) is 2.91. The van der Waals surface area contributed by atoms with Crippen molar-refractivity contribution in [1.82, 2.24) is 4.98 Å². The fraction of sp³-hybridized carbons (Fsp3) is 0.286. The lowest BCUT2D eigenvalue weighted by Crippen LogP contribution is -2.11. The van der Waals surface area contributed by atoms with Crippen molar-refractivity contribution in [1.29, 1.82) is 0 Å². The molecule has 0 amide bonds. The van der Waals surface area contributed by atoms with Crippen LogP contribution in [0.15, 0.2) is 23.6 Å². The van der Waals surface area contributed by atoms with Gasteiger partial charge in [-0.2, -0.15) is 0 Å². The zero-order valence-electron chi connectivity index (χ0n) is 10.7. The Morgan fingerprint density at radius 2 is 2.26 bits per heavy atom. The minimum atomic E-state index is -0.825. The van der Waals surface area contributed by atoms with Gasteiger partial charge in [-0.25, -0.2) is 9.37 Å². The summed E-state index contributed by atoms with van der Waals surface area (Å²) in [5, 5.41) is 11.5. The van der Waals surface area contributed by atoms with Crippen molar-refractivity contribution in [3.05, 3.63) is 40.0 Å². The van der Waals surface area contributed by atoms with Gasteiger partial charge in [0.1, 0.15) is 5.82 Å². The topological polar surface area (TPSA) is 50.2 Å². The number of rotatable bonds is 4. The number of aryl methyl sites for hydroxylation is 1. The molecule has 0 aliphatic carbocycles. The van der Waals surface area contributed by atoms with Crippen LogP contribution in [0.5, 0.6) is 0 Å². The normalized spacial score (nSPS) is 12.4. The van der Waals surface area contributed by atoms with Crippen molar-refractivity contribution in [3.63, 3.8) is 0 Å². The molecule has 100 valence electrons. The number of hydrogen-bond acceptors (Lipinski definition) is 3. The predicted molar refractivity (Wildman–Crippen MR) is 72.7 cm³/mol. The summed E-state index contributed by atoms with van der Waals surface area (Å²) in [7, 11) is 0. The number of halogens is 1. The Morgan fingerprint density at radius 3 is 2.89 bits per heavy atom. The Labute approximate surface area is 114 Å². The summed E-state index contributed by atoms with van der Waals surface area (Å²) in [5.41, 5.74) is 2.19. The molecule has 0 fully saturated rings. The van der Waals surface area contributed by atoms with E-state index in [0.717, 1.165) is 16.3 Å². The average Bonchev–Trinajstić information content (AvgIpc) is 2.81. The number of carboxylic acids is 1. The molecule has 3 nitrogen and oxygen atoms in total. The molecule has 5 heteroatoms. The van der Waals surface area contributed by atoms with Crippen LogP contribution in [0.2, 0.25) is 0 Å². The molecule has 0 aliphatic rings. The van der Waals surface area contributed by atoms with Gasteiger partial charge in [0.05, 0.1) is 16.6 Å². The molecule has 2 rings (SSSR count). The molecule has 0 spiro atoms. The highest BCUT2D eigenvalue weighted by Crippen LogP contribution is 2.25. The van der Waals surface area contributed by atoms with E-state index in [1.54, 1.807) is 26.0 Å². The predicted octanol–water partition coefficient (Wildman–Crippen LogP) is 3.52. The monoisotopic (exact) mass is 279 g/mol. The van der Waals surface area contributed by atoms with Gasteiger partial charge in [-0.1, -0.05) is 6.92 Å². The molecule has 0 bridgehead atoms. The van der Waals surface area contributed by atoms with Gasteiger partial charge in [-0.15, -0.1) is 11.3 Å². The first kappa shape index (κ1) is 13.7. The van der Waals surface area contributed by atoms with Gasteiger partial charge < -0.3 is 5.11 Å². The number of thiazole rings is 1. The van der Waals surface area contributed by atoms with Crippen LogP contribution in [0.1, 0.15) is 17.5 Å². The maximum Gasteiger partial charge on any atom is 0.306 e. The lowest BCUT2D eigenvalue weighted by atomic mass is 10.1. The van der Waals surface area contributed by atoms with Gasteiger partial charge in [-0.3, -0.25) is 4.79 Å². The first-order chi connectivity index (χ1) is 8.97. The van der Waals surface area contributed by atoms with Crippen LogP contribution in [0.25, 0.3) is 11.3 Å². The first-order valence-electron chi connectivity index (χ1n) is 5.91. The molecule has 0 radical (unpaired) electrons. The number of benzene rings is 1. The summed E-state index contributed by atoms with van der Waals surface area (Å²) in [5.74, 6) is -1.51. The molecule has 0 aliphatic heterocycles. The standard InChI is InChI=1S/C14H14FNO2S/c1-8-5-10(3-4-11(8)15)12-7-19-13(16-12)6-9(2)14(17)18/h3-5,7,9H,6H2,1-2H3,(H,17,18). The Hall–Kier alpha value is -1.75. The highest BCUT2D eigenvalue weighted by Gasteiger charge is 2.14. The van der Waals surface area contributed by atoms with Gasteiger partial charge >= 0.3 is 5.97 Å². The molecule has 2 aromatic rings. The Kier molecular flexibility index (Phi) is 3.95.